The summed E-state index contributed by atoms with van der Waals surface area (Å²) in [7, 11) is 0. The third-order valence-electron chi connectivity index (χ3n) is 3.22. The highest BCUT2D eigenvalue weighted by Gasteiger charge is 2.44. The highest BCUT2D eigenvalue weighted by molar-refractivity contribution is 7.09. The summed E-state index contributed by atoms with van der Waals surface area (Å²) in [5.74, 6) is 0. The summed E-state index contributed by atoms with van der Waals surface area (Å²) in [5.41, 5.74) is 0.500. The Labute approximate surface area is 130 Å². The molecule has 1 saturated heterocycles. The summed E-state index contributed by atoms with van der Waals surface area (Å²) in [6.45, 7) is 4.55. The predicted molar refractivity (Wildman–Crippen MR) is 75.8 cm³/mol. The Kier molecular flexibility index (Phi) is 5.28. The van der Waals surface area contributed by atoms with Gasteiger partial charge < -0.3 is 15.0 Å². The van der Waals surface area contributed by atoms with Crippen molar-refractivity contribution in [2.24, 2.45) is 0 Å². The van der Waals surface area contributed by atoms with E-state index in [2.05, 4.69) is 10.3 Å². The summed E-state index contributed by atoms with van der Waals surface area (Å²) < 4.78 is 45.0. The zero-order valence-electron chi connectivity index (χ0n) is 12.3. The van der Waals surface area contributed by atoms with E-state index in [1.165, 1.54) is 10.3 Å². The van der Waals surface area contributed by atoms with Crippen molar-refractivity contribution < 1.29 is 22.7 Å². The van der Waals surface area contributed by atoms with E-state index in [0.717, 1.165) is 11.3 Å². The largest absolute Gasteiger partial charge is 0.415 e. The number of nitrogens with zero attached hydrogens (tertiary/aromatic N) is 2. The van der Waals surface area contributed by atoms with Crippen LogP contribution >= 0.6 is 11.3 Å². The van der Waals surface area contributed by atoms with Gasteiger partial charge in [-0.25, -0.2) is 9.78 Å². The number of nitrogens with one attached hydrogen (secondary N) is 1. The van der Waals surface area contributed by atoms with Crippen LogP contribution in [0.5, 0.6) is 0 Å². The quantitative estimate of drug-likeness (QED) is 0.903. The molecule has 1 aliphatic rings. The number of amides is 2. The van der Waals surface area contributed by atoms with E-state index < -0.39 is 18.2 Å². The lowest BCUT2D eigenvalue weighted by Gasteiger charge is -2.26. The molecule has 0 spiro atoms. The number of halogens is 3. The molecule has 2 rings (SSSR count). The van der Waals surface area contributed by atoms with E-state index in [1.54, 1.807) is 13.8 Å². The fourth-order valence-corrected chi connectivity index (χ4v) is 3.05. The number of thiazole rings is 1. The number of carbonyl (C=O) groups is 1. The topological polar surface area (TPSA) is 54.5 Å². The lowest BCUT2D eigenvalue weighted by atomic mass is 10.3. The van der Waals surface area contributed by atoms with Crippen molar-refractivity contribution in [3.63, 3.8) is 0 Å². The van der Waals surface area contributed by atoms with Crippen LogP contribution in [0.3, 0.4) is 0 Å². The van der Waals surface area contributed by atoms with Gasteiger partial charge in [-0.3, -0.25) is 0 Å². The molecule has 0 bridgehead atoms. The summed E-state index contributed by atoms with van der Waals surface area (Å²) in [4.78, 5) is 17.4. The zero-order chi connectivity index (χ0) is 16.3. The molecule has 1 aromatic rings. The highest BCUT2D eigenvalue weighted by atomic mass is 32.1. The second kappa shape index (κ2) is 6.82. The fourth-order valence-electron chi connectivity index (χ4n) is 2.18. The second-order valence-electron chi connectivity index (χ2n) is 5.23. The summed E-state index contributed by atoms with van der Waals surface area (Å²) in [6, 6.07) is -2.83. The predicted octanol–water partition coefficient (Wildman–Crippen LogP) is 2.88. The van der Waals surface area contributed by atoms with Crippen LogP contribution in [0.25, 0.3) is 0 Å². The number of carbonyl (C=O) groups excluding carboxylic acids is 1. The first-order valence-corrected chi connectivity index (χ1v) is 7.81. The number of aromatic nitrogens is 1. The average Bonchev–Trinajstić information content (AvgIpc) is 2.71. The molecular formula is C13H18F3N3O2S. The minimum Gasteiger partial charge on any atom is -0.377 e. The van der Waals surface area contributed by atoms with E-state index >= 15 is 0 Å². The molecule has 2 unspecified atom stereocenters. The van der Waals surface area contributed by atoms with Crippen LogP contribution < -0.4 is 5.32 Å². The minimum absolute atomic E-state index is 0.155. The summed E-state index contributed by atoms with van der Waals surface area (Å²) in [5, 5.41) is 3.43. The Morgan fingerprint density at radius 2 is 2.32 bits per heavy atom. The maximum Gasteiger partial charge on any atom is 0.415 e. The maximum absolute atomic E-state index is 13.2. The number of hydrogen-bond acceptors (Lipinski definition) is 4. The van der Waals surface area contributed by atoms with Crippen molar-refractivity contribution >= 4 is 17.4 Å². The van der Waals surface area contributed by atoms with Crippen LogP contribution in [0.15, 0.2) is 5.38 Å². The molecule has 0 saturated carbocycles. The van der Waals surface area contributed by atoms with E-state index in [1.807, 2.05) is 0 Å². The Morgan fingerprint density at radius 1 is 1.59 bits per heavy atom. The minimum atomic E-state index is -4.59. The number of aryl methyl sites for hydroxylation is 1. The van der Waals surface area contributed by atoms with E-state index in [-0.39, 0.29) is 17.7 Å². The van der Waals surface area contributed by atoms with Crippen molar-refractivity contribution in [2.75, 3.05) is 19.7 Å². The van der Waals surface area contributed by atoms with Gasteiger partial charge in [0.05, 0.1) is 6.10 Å². The molecule has 2 amide bonds. The van der Waals surface area contributed by atoms with Gasteiger partial charge in [0, 0.05) is 30.8 Å². The average molecular weight is 337 g/mol. The van der Waals surface area contributed by atoms with Crippen LogP contribution in [-0.4, -0.2) is 47.9 Å². The molecule has 1 aliphatic heterocycles. The second-order valence-corrected chi connectivity index (χ2v) is 6.12. The molecule has 2 atom stereocenters. The molecule has 0 radical (unpaired) electrons. The van der Waals surface area contributed by atoms with Crippen molar-refractivity contribution in [3.05, 3.63) is 16.1 Å². The molecular weight excluding hydrogens is 319 g/mol. The fraction of sp³-hybridized carbons (Fsp3) is 0.692. The monoisotopic (exact) mass is 337 g/mol. The third kappa shape index (κ3) is 4.33. The highest BCUT2D eigenvalue weighted by Crippen LogP contribution is 2.34. The molecule has 5 nitrogen and oxygen atoms in total. The SMILES string of the molecule is Cc1csc(C(NC(=O)N2CCCOC(C)C2)C(F)(F)F)n1. The van der Waals surface area contributed by atoms with Gasteiger partial charge >= 0.3 is 12.2 Å². The first-order valence-electron chi connectivity index (χ1n) is 6.93. The number of hydrogen-bond donors (Lipinski definition) is 1. The molecule has 0 aliphatic carbocycles. The van der Waals surface area contributed by atoms with E-state index in [0.29, 0.717) is 25.3 Å². The summed E-state index contributed by atoms with van der Waals surface area (Å²) in [6.07, 6.45) is -4.18. The smallest absolute Gasteiger partial charge is 0.377 e. The van der Waals surface area contributed by atoms with E-state index in [9.17, 15) is 18.0 Å². The zero-order valence-corrected chi connectivity index (χ0v) is 13.1. The number of urea groups is 1. The molecule has 22 heavy (non-hydrogen) atoms. The van der Waals surface area contributed by atoms with Crippen LogP contribution in [0.2, 0.25) is 0 Å². The Bertz CT molecular complexity index is 521. The number of ether oxygens (including phenoxy) is 1. The van der Waals surface area contributed by atoms with Crippen LogP contribution in [0.4, 0.5) is 18.0 Å². The Morgan fingerprint density at radius 3 is 2.91 bits per heavy atom. The number of alkyl halides is 3. The molecule has 2 heterocycles. The Hall–Kier alpha value is -1.35. The molecule has 1 aromatic heterocycles. The molecule has 124 valence electrons. The first-order chi connectivity index (χ1) is 10.3. The lowest BCUT2D eigenvalue weighted by Crippen LogP contribution is -2.47. The molecule has 0 aromatic carbocycles. The number of rotatable bonds is 2. The summed E-state index contributed by atoms with van der Waals surface area (Å²) >= 11 is 0.889. The standard InChI is InChI=1S/C13H18F3N3O2S/c1-8-7-22-11(17-8)10(13(14,15)16)18-12(20)19-4-3-5-21-9(2)6-19/h7,9-10H,3-6H2,1-2H3,(H,18,20). The van der Waals surface area contributed by atoms with Gasteiger partial charge in [0.1, 0.15) is 5.01 Å². The van der Waals surface area contributed by atoms with Crippen molar-refractivity contribution in [1.29, 1.82) is 0 Å². The van der Waals surface area contributed by atoms with Gasteiger partial charge in [-0.2, -0.15) is 13.2 Å². The van der Waals surface area contributed by atoms with Crippen molar-refractivity contribution in [2.45, 2.75) is 38.6 Å². The normalized spacial score (nSPS) is 21.3. The van der Waals surface area contributed by atoms with Gasteiger partial charge in [0.25, 0.3) is 0 Å². The van der Waals surface area contributed by atoms with Crippen LogP contribution in [0.1, 0.15) is 30.1 Å². The van der Waals surface area contributed by atoms with Gasteiger partial charge in [-0.05, 0) is 20.3 Å². The van der Waals surface area contributed by atoms with Gasteiger partial charge in [0.2, 0.25) is 0 Å². The van der Waals surface area contributed by atoms with Gasteiger partial charge in [-0.1, -0.05) is 0 Å². The van der Waals surface area contributed by atoms with Gasteiger partial charge in [-0.15, -0.1) is 11.3 Å². The van der Waals surface area contributed by atoms with Crippen molar-refractivity contribution in [1.82, 2.24) is 15.2 Å². The van der Waals surface area contributed by atoms with Crippen LogP contribution in [-0.2, 0) is 4.74 Å². The first kappa shape index (κ1) is 17.0. The van der Waals surface area contributed by atoms with Crippen LogP contribution in [0, 0.1) is 6.92 Å². The van der Waals surface area contributed by atoms with Gasteiger partial charge in [0.15, 0.2) is 6.04 Å². The lowest BCUT2D eigenvalue weighted by molar-refractivity contribution is -0.155. The molecule has 1 fully saturated rings. The van der Waals surface area contributed by atoms with Crippen molar-refractivity contribution in [3.8, 4) is 0 Å². The molecule has 9 heteroatoms. The third-order valence-corrected chi connectivity index (χ3v) is 4.25. The molecule has 1 N–H and O–H groups in total. The maximum atomic E-state index is 13.2. The Balaban J connectivity index is 2.11. The van der Waals surface area contributed by atoms with E-state index in [4.69, 9.17) is 4.74 Å².